The summed E-state index contributed by atoms with van der Waals surface area (Å²) in [6.45, 7) is 16.6. The molecule has 15 heteroatoms. The van der Waals surface area contributed by atoms with Crippen LogP contribution in [0.4, 0.5) is 17.6 Å². The topological polar surface area (TPSA) is 97.1 Å². The second-order valence-corrected chi connectivity index (χ2v) is 17.3. The first-order valence-electron chi connectivity index (χ1n) is 16.0. The Balaban J connectivity index is 2.50. The van der Waals surface area contributed by atoms with Gasteiger partial charge in [-0.15, -0.1) is 6.58 Å². The molecule has 2 unspecified atom stereocenters. The number of amides is 1. The van der Waals surface area contributed by atoms with Crippen LogP contribution in [-0.2, 0) is 14.9 Å². The van der Waals surface area contributed by atoms with Gasteiger partial charge in [0.25, 0.3) is 10.1 Å². The van der Waals surface area contributed by atoms with Gasteiger partial charge in [-0.25, -0.2) is 15.4 Å². The van der Waals surface area contributed by atoms with Gasteiger partial charge < -0.3 is 19.4 Å². The summed E-state index contributed by atoms with van der Waals surface area (Å²) in [5.41, 5.74) is -1.55. The minimum Gasteiger partial charge on any atom is -0.487 e. The van der Waals surface area contributed by atoms with E-state index < -0.39 is 66.8 Å². The number of ether oxygens (including phenoxy) is 1. The highest BCUT2D eigenvalue weighted by Gasteiger charge is 2.44. The van der Waals surface area contributed by atoms with E-state index in [4.69, 9.17) is 28.1 Å². The van der Waals surface area contributed by atoms with E-state index in [-0.39, 0.29) is 44.6 Å². The molecule has 0 bridgehead atoms. The summed E-state index contributed by atoms with van der Waals surface area (Å²) >= 11 is 6.65. The van der Waals surface area contributed by atoms with Crippen LogP contribution in [0.3, 0.4) is 0 Å². The summed E-state index contributed by atoms with van der Waals surface area (Å²) < 4.78 is 97.7. The lowest BCUT2D eigenvalue weighted by Crippen LogP contribution is -2.46. The Morgan fingerprint density at radius 3 is 2.20 bits per heavy atom. The van der Waals surface area contributed by atoms with E-state index in [2.05, 4.69) is 16.7 Å². The summed E-state index contributed by atoms with van der Waals surface area (Å²) in [6, 6.07) is 8.78. The van der Waals surface area contributed by atoms with Crippen LogP contribution in [0.15, 0.2) is 43.0 Å². The van der Waals surface area contributed by atoms with Gasteiger partial charge in [-0.1, -0.05) is 60.4 Å². The van der Waals surface area contributed by atoms with Gasteiger partial charge in [-0.3, -0.25) is 9.35 Å². The standard InChI is InChI=1S/C35H45F4N3O5S3/c1-8-9-20-47-31-29(38)27(36)26(28(37)30(31)39)25(22-34(2,3)40-5)23-35(4,49-32(48)24-15-11-10-12-16-24)33(43)41-17-13-18-42(6,7)19-14-21-50(44,45)46/h8,10-12,15-16,25H,1,9,13-14,17-23H2,2-4,6-7H3,(H-,41,43,44,45,46)/p+1. The fourth-order valence-corrected chi connectivity index (χ4v) is 7.75. The molecular weight excluding hydrogens is 715 g/mol. The molecule has 276 valence electrons. The minimum absolute atomic E-state index is 0.169. The van der Waals surface area contributed by atoms with E-state index in [1.165, 1.54) is 26.8 Å². The Hall–Kier alpha value is -3.03. The zero-order valence-electron chi connectivity index (χ0n) is 29.0. The third kappa shape index (κ3) is 12.9. The maximum atomic E-state index is 15.8. The van der Waals surface area contributed by atoms with E-state index >= 15 is 17.6 Å². The van der Waals surface area contributed by atoms with Gasteiger partial charge in [0.05, 0.1) is 48.5 Å². The number of nitrogens with zero attached hydrogens (tertiary/aromatic N) is 2. The normalized spacial score (nSPS) is 13.9. The average Bonchev–Trinajstić information content (AvgIpc) is 3.03. The van der Waals surface area contributed by atoms with Crippen molar-refractivity contribution >= 4 is 44.2 Å². The van der Waals surface area contributed by atoms with Crippen molar-refractivity contribution in [2.45, 2.75) is 69.1 Å². The molecule has 0 saturated heterocycles. The average molecular weight is 761 g/mol. The van der Waals surface area contributed by atoms with Gasteiger partial charge in [-0.2, -0.15) is 17.2 Å². The summed E-state index contributed by atoms with van der Waals surface area (Å²) in [6.07, 6.45) is 1.68. The maximum Gasteiger partial charge on any atom is 0.265 e. The van der Waals surface area contributed by atoms with Crippen LogP contribution in [0.25, 0.3) is 4.85 Å². The second-order valence-electron chi connectivity index (χ2n) is 13.6. The zero-order chi connectivity index (χ0) is 37.9. The van der Waals surface area contributed by atoms with Crippen molar-refractivity contribution in [3.05, 3.63) is 88.8 Å². The highest BCUT2D eigenvalue weighted by molar-refractivity contribution is 8.25. The molecule has 2 N–H and O–H groups in total. The molecule has 2 rings (SSSR count). The fraction of sp³-hybridized carbons (Fsp3) is 0.514. The molecule has 0 aliphatic heterocycles. The summed E-state index contributed by atoms with van der Waals surface area (Å²) in [4.78, 5) is 17.6. The quantitative estimate of drug-likeness (QED) is 0.0211. The number of rotatable bonds is 20. The Kier molecular flexibility index (Phi) is 15.9. The van der Waals surface area contributed by atoms with Crippen LogP contribution in [0.2, 0.25) is 0 Å². The summed E-state index contributed by atoms with van der Waals surface area (Å²) in [5.74, 6) is -10.2. The molecule has 0 spiro atoms. The van der Waals surface area contributed by atoms with Crippen LogP contribution in [0, 0.1) is 29.8 Å². The van der Waals surface area contributed by atoms with E-state index in [0.29, 0.717) is 33.8 Å². The molecule has 1 amide bonds. The lowest BCUT2D eigenvalue weighted by atomic mass is 9.79. The number of carbonyl (C=O) groups excluding carboxylic acids is 1. The predicted octanol–water partition coefficient (Wildman–Crippen LogP) is 7.49. The molecule has 0 aliphatic carbocycles. The highest BCUT2D eigenvalue weighted by atomic mass is 32.2. The van der Waals surface area contributed by atoms with E-state index in [1.807, 2.05) is 14.1 Å². The number of thiocarbonyl (C=S) groups is 1. The highest BCUT2D eigenvalue weighted by Crippen LogP contribution is 2.45. The zero-order valence-corrected chi connectivity index (χ0v) is 31.5. The SMILES string of the molecule is [C-]#[N+]C(C)(C)CC(CC(C)(SC(=S)c1ccccc1)C(=O)NCCC[N+](C)(C)CCCS(=O)(=O)O)c1c(F)c(F)c(OCCC=C)c(F)c1F. The van der Waals surface area contributed by atoms with E-state index in [1.54, 1.807) is 30.3 Å². The third-order valence-corrected chi connectivity index (χ3v) is 10.6. The van der Waals surface area contributed by atoms with Crippen LogP contribution in [0.5, 0.6) is 5.75 Å². The number of quaternary nitrogens is 1. The fourth-order valence-electron chi connectivity index (χ4n) is 5.45. The number of carbonyl (C=O) groups is 1. The van der Waals surface area contributed by atoms with Gasteiger partial charge in [0.2, 0.25) is 23.1 Å². The molecule has 2 atom stereocenters. The molecule has 8 nitrogen and oxygen atoms in total. The van der Waals surface area contributed by atoms with Crippen molar-refractivity contribution in [2.24, 2.45) is 0 Å². The van der Waals surface area contributed by atoms with Crippen LogP contribution in [-0.4, -0.2) is 83.9 Å². The molecule has 0 aromatic heterocycles. The molecular formula is C35H46F4N3O5S3+. The molecule has 0 aliphatic rings. The molecule has 50 heavy (non-hydrogen) atoms. The van der Waals surface area contributed by atoms with Crippen LogP contribution < -0.4 is 10.1 Å². The van der Waals surface area contributed by atoms with Gasteiger partial charge >= 0.3 is 0 Å². The number of nitrogens with one attached hydrogen (secondary N) is 1. The number of hydrogen-bond acceptors (Lipinski definition) is 6. The number of thioether (sulfide) groups is 1. The van der Waals surface area contributed by atoms with Crippen LogP contribution in [0.1, 0.15) is 69.9 Å². The minimum atomic E-state index is -4.08. The van der Waals surface area contributed by atoms with Gasteiger partial charge in [0, 0.05) is 45.2 Å². The lowest BCUT2D eigenvalue weighted by molar-refractivity contribution is -0.890. The molecule has 0 fully saturated rings. The van der Waals surface area contributed by atoms with Gasteiger partial charge in [0.15, 0.2) is 17.4 Å². The van der Waals surface area contributed by atoms with Crippen molar-refractivity contribution in [3.8, 4) is 5.75 Å². The van der Waals surface area contributed by atoms with Gasteiger partial charge in [-0.05, 0) is 31.2 Å². The van der Waals surface area contributed by atoms with Crippen LogP contribution >= 0.6 is 24.0 Å². The molecule has 2 aromatic carbocycles. The number of halogens is 4. The first kappa shape index (κ1) is 43.1. The van der Waals surface area contributed by atoms with Crippen molar-refractivity contribution in [3.63, 3.8) is 0 Å². The number of hydrogen-bond donors (Lipinski definition) is 2. The monoisotopic (exact) mass is 760 g/mol. The Labute approximate surface area is 302 Å². The second kappa shape index (κ2) is 18.5. The van der Waals surface area contributed by atoms with E-state index in [0.717, 1.165) is 11.8 Å². The molecule has 0 radical (unpaired) electrons. The Morgan fingerprint density at radius 2 is 1.66 bits per heavy atom. The number of benzene rings is 2. The summed E-state index contributed by atoms with van der Waals surface area (Å²) in [5, 5.41) is 2.87. The maximum absolute atomic E-state index is 15.8. The van der Waals surface area contributed by atoms with Crippen molar-refractivity contribution in [1.29, 1.82) is 0 Å². The van der Waals surface area contributed by atoms with Crippen molar-refractivity contribution in [2.75, 3.05) is 46.1 Å². The lowest BCUT2D eigenvalue weighted by Gasteiger charge is -2.34. The van der Waals surface area contributed by atoms with E-state index in [9.17, 15) is 13.2 Å². The first-order valence-corrected chi connectivity index (χ1v) is 18.8. The largest absolute Gasteiger partial charge is 0.487 e. The van der Waals surface area contributed by atoms with Crippen molar-refractivity contribution < 1.29 is 44.5 Å². The Morgan fingerprint density at radius 1 is 1.08 bits per heavy atom. The smallest absolute Gasteiger partial charge is 0.265 e. The molecule has 0 saturated carbocycles. The molecule has 0 heterocycles. The predicted molar refractivity (Wildman–Crippen MR) is 194 cm³/mol. The third-order valence-electron chi connectivity index (χ3n) is 8.12. The first-order chi connectivity index (χ1) is 23.2. The van der Waals surface area contributed by atoms with Gasteiger partial charge in [0.1, 0.15) is 0 Å². The summed E-state index contributed by atoms with van der Waals surface area (Å²) in [7, 11) is -0.325. The molecule has 2 aromatic rings. The van der Waals surface area contributed by atoms with Crippen molar-refractivity contribution in [1.82, 2.24) is 5.32 Å². The Bertz CT molecular complexity index is 1640.